The van der Waals surface area contributed by atoms with Crippen LogP contribution in [0.3, 0.4) is 0 Å². The minimum Gasteiger partial charge on any atom is -0.311 e. The van der Waals surface area contributed by atoms with Gasteiger partial charge >= 0.3 is 0 Å². The Kier molecular flexibility index (Phi) is 4.79. The third kappa shape index (κ3) is 3.68. The highest BCUT2D eigenvalue weighted by Crippen LogP contribution is 2.21. The molecule has 0 spiro atoms. The molecule has 0 saturated heterocycles. The second kappa shape index (κ2) is 5.64. The molecule has 1 heteroatoms. The van der Waals surface area contributed by atoms with Gasteiger partial charge in [-0.1, -0.05) is 33.6 Å². The van der Waals surface area contributed by atoms with Gasteiger partial charge in [-0.05, 0) is 31.6 Å². The highest BCUT2D eigenvalue weighted by Gasteiger charge is 2.20. The smallest absolute Gasteiger partial charge is 0.00696 e. The Balaban J connectivity index is 2.16. The van der Waals surface area contributed by atoms with Crippen molar-refractivity contribution in [1.29, 1.82) is 0 Å². The number of hydrogen-bond donors (Lipinski definition) is 1. The van der Waals surface area contributed by atoms with Crippen LogP contribution < -0.4 is 5.32 Å². The van der Waals surface area contributed by atoms with E-state index in [1.165, 1.54) is 38.5 Å². The maximum absolute atomic E-state index is 3.77. The average molecular weight is 183 g/mol. The topological polar surface area (TPSA) is 12.0 Å². The van der Waals surface area contributed by atoms with E-state index in [-0.39, 0.29) is 0 Å². The largest absolute Gasteiger partial charge is 0.311 e. The molecule has 2 atom stereocenters. The van der Waals surface area contributed by atoms with E-state index in [1.54, 1.807) is 0 Å². The molecule has 1 saturated carbocycles. The van der Waals surface area contributed by atoms with Crippen molar-refractivity contribution in [3.8, 4) is 0 Å². The van der Waals surface area contributed by atoms with Crippen molar-refractivity contribution in [3.63, 3.8) is 0 Å². The maximum Gasteiger partial charge on any atom is 0.00696 e. The van der Waals surface area contributed by atoms with Crippen molar-refractivity contribution < 1.29 is 0 Å². The molecule has 1 aliphatic carbocycles. The third-order valence-corrected chi connectivity index (χ3v) is 3.45. The molecule has 0 aliphatic heterocycles. The number of rotatable bonds is 6. The first-order chi connectivity index (χ1) is 6.26. The van der Waals surface area contributed by atoms with Gasteiger partial charge < -0.3 is 5.32 Å². The van der Waals surface area contributed by atoms with Crippen molar-refractivity contribution in [2.75, 3.05) is 0 Å². The van der Waals surface area contributed by atoms with Gasteiger partial charge in [-0.2, -0.15) is 0 Å². The van der Waals surface area contributed by atoms with Crippen LogP contribution in [0, 0.1) is 5.92 Å². The fourth-order valence-corrected chi connectivity index (χ4v) is 1.91. The van der Waals surface area contributed by atoms with Crippen LogP contribution in [0.2, 0.25) is 0 Å². The van der Waals surface area contributed by atoms with E-state index in [4.69, 9.17) is 0 Å². The first kappa shape index (κ1) is 11.0. The molecule has 0 aromatic heterocycles. The Morgan fingerprint density at radius 1 is 1.23 bits per heavy atom. The Hall–Kier alpha value is -0.0400. The second-order valence-corrected chi connectivity index (χ2v) is 4.65. The molecule has 1 fully saturated rings. The van der Waals surface area contributed by atoms with Gasteiger partial charge in [0.15, 0.2) is 0 Å². The Morgan fingerprint density at radius 2 is 1.92 bits per heavy atom. The molecule has 0 radical (unpaired) electrons. The van der Waals surface area contributed by atoms with Gasteiger partial charge in [0.1, 0.15) is 0 Å². The van der Waals surface area contributed by atoms with E-state index < -0.39 is 0 Å². The maximum atomic E-state index is 3.77. The summed E-state index contributed by atoms with van der Waals surface area (Å²) in [6, 6.07) is 1.63. The Bertz CT molecular complexity index is 122. The zero-order valence-electron chi connectivity index (χ0n) is 9.47. The first-order valence-corrected chi connectivity index (χ1v) is 6.02. The fraction of sp³-hybridized carbons (Fsp3) is 1.00. The van der Waals surface area contributed by atoms with Crippen LogP contribution in [0.4, 0.5) is 0 Å². The van der Waals surface area contributed by atoms with Crippen LogP contribution in [0.1, 0.15) is 59.3 Å². The lowest BCUT2D eigenvalue weighted by molar-refractivity contribution is 0.273. The lowest BCUT2D eigenvalue weighted by Crippen LogP contribution is -2.42. The third-order valence-electron chi connectivity index (χ3n) is 3.45. The summed E-state index contributed by atoms with van der Waals surface area (Å²) in [6.07, 6.45) is 8.25. The molecule has 1 aliphatic rings. The molecule has 0 aromatic carbocycles. The Labute approximate surface area is 83.3 Å². The molecular formula is C12H25N. The van der Waals surface area contributed by atoms with Crippen molar-refractivity contribution >= 4 is 0 Å². The molecule has 78 valence electrons. The normalized spacial score (nSPS) is 22.4. The quantitative estimate of drug-likeness (QED) is 0.666. The summed E-state index contributed by atoms with van der Waals surface area (Å²) in [7, 11) is 0. The SMILES string of the molecule is CCC(C)CC(CC)NC1CCC1. The average Bonchev–Trinajstić information content (AvgIpc) is 2.08. The zero-order chi connectivity index (χ0) is 9.68. The van der Waals surface area contributed by atoms with Gasteiger partial charge in [0, 0.05) is 12.1 Å². The van der Waals surface area contributed by atoms with Crippen molar-refractivity contribution in [2.45, 2.75) is 71.4 Å². The highest BCUT2D eigenvalue weighted by atomic mass is 15.0. The van der Waals surface area contributed by atoms with Gasteiger partial charge in [0.2, 0.25) is 0 Å². The van der Waals surface area contributed by atoms with Crippen molar-refractivity contribution in [1.82, 2.24) is 5.32 Å². The van der Waals surface area contributed by atoms with E-state index in [2.05, 4.69) is 26.1 Å². The van der Waals surface area contributed by atoms with Crippen molar-refractivity contribution in [3.05, 3.63) is 0 Å². The monoisotopic (exact) mass is 183 g/mol. The molecular weight excluding hydrogens is 158 g/mol. The standard InChI is InChI=1S/C12H25N/c1-4-10(3)9-11(5-2)13-12-7-6-8-12/h10-13H,4-9H2,1-3H3. The number of nitrogens with one attached hydrogen (secondary N) is 1. The van der Waals surface area contributed by atoms with E-state index >= 15 is 0 Å². The van der Waals surface area contributed by atoms with Crippen LogP contribution in [-0.4, -0.2) is 12.1 Å². The summed E-state index contributed by atoms with van der Waals surface area (Å²) in [5.41, 5.74) is 0. The predicted octanol–water partition coefficient (Wildman–Crippen LogP) is 3.34. The van der Waals surface area contributed by atoms with Gasteiger partial charge in [-0.15, -0.1) is 0 Å². The van der Waals surface area contributed by atoms with E-state index in [9.17, 15) is 0 Å². The van der Waals surface area contributed by atoms with Crippen LogP contribution in [0.25, 0.3) is 0 Å². The van der Waals surface area contributed by atoms with Gasteiger partial charge in [0.05, 0.1) is 0 Å². The summed E-state index contributed by atoms with van der Waals surface area (Å²) in [5.74, 6) is 0.887. The van der Waals surface area contributed by atoms with Crippen LogP contribution >= 0.6 is 0 Å². The van der Waals surface area contributed by atoms with E-state index in [0.717, 1.165) is 18.0 Å². The molecule has 13 heavy (non-hydrogen) atoms. The van der Waals surface area contributed by atoms with Crippen LogP contribution in [0.5, 0.6) is 0 Å². The lowest BCUT2D eigenvalue weighted by Gasteiger charge is -2.32. The molecule has 0 bridgehead atoms. The van der Waals surface area contributed by atoms with Crippen LogP contribution in [0.15, 0.2) is 0 Å². The van der Waals surface area contributed by atoms with Gasteiger partial charge in [-0.3, -0.25) is 0 Å². The first-order valence-electron chi connectivity index (χ1n) is 6.02. The fourth-order valence-electron chi connectivity index (χ4n) is 1.91. The molecule has 0 amide bonds. The predicted molar refractivity (Wildman–Crippen MR) is 58.9 cm³/mol. The zero-order valence-corrected chi connectivity index (χ0v) is 9.47. The summed E-state index contributed by atoms with van der Waals surface area (Å²) >= 11 is 0. The summed E-state index contributed by atoms with van der Waals surface area (Å²) < 4.78 is 0. The molecule has 1 rings (SSSR count). The molecule has 0 heterocycles. The van der Waals surface area contributed by atoms with E-state index in [1.807, 2.05) is 0 Å². The van der Waals surface area contributed by atoms with Gasteiger partial charge in [0.25, 0.3) is 0 Å². The van der Waals surface area contributed by atoms with Gasteiger partial charge in [-0.25, -0.2) is 0 Å². The molecule has 2 unspecified atom stereocenters. The van der Waals surface area contributed by atoms with Crippen LogP contribution in [-0.2, 0) is 0 Å². The summed E-state index contributed by atoms with van der Waals surface area (Å²) in [5, 5.41) is 3.77. The summed E-state index contributed by atoms with van der Waals surface area (Å²) in [4.78, 5) is 0. The Morgan fingerprint density at radius 3 is 2.31 bits per heavy atom. The minimum atomic E-state index is 0.778. The molecule has 1 nitrogen and oxygen atoms in total. The van der Waals surface area contributed by atoms with Crippen molar-refractivity contribution in [2.24, 2.45) is 5.92 Å². The lowest BCUT2D eigenvalue weighted by atomic mass is 9.90. The molecule has 0 aromatic rings. The minimum absolute atomic E-state index is 0.778. The highest BCUT2D eigenvalue weighted by molar-refractivity contribution is 4.80. The second-order valence-electron chi connectivity index (χ2n) is 4.65. The van der Waals surface area contributed by atoms with E-state index in [0.29, 0.717) is 0 Å². The number of hydrogen-bond acceptors (Lipinski definition) is 1. The summed E-state index contributed by atoms with van der Waals surface area (Å²) in [6.45, 7) is 6.96. The molecule has 1 N–H and O–H groups in total.